The van der Waals surface area contributed by atoms with Crippen LogP contribution in [0, 0.1) is 5.41 Å². The van der Waals surface area contributed by atoms with Crippen LogP contribution in [0.25, 0.3) is 0 Å². The van der Waals surface area contributed by atoms with Gasteiger partial charge in [-0.2, -0.15) is 11.8 Å². The van der Waals surface area contributed by atoms with Gasteiger partial charge in [0.15, 0.2) is 0 Å². The second-order valence-corrected chi connectivity index (χ2v) is 5.64. The third kappa shape index (κ3) is 5.76. The van der Waals surface area contributed by atoms with Crippen molar-refractivity contribution in [3.63, 3.8) is 0 Å². The van der Waals surface area contributed by atoms with Gasteiger partial charge in [0.1, 0.15) is 0 Å². The second kappa shape index (κ2) is 6.57. The number of hydrogen-bond acceptors (Lipinski definition) is 2. The van der Waals surface area contributed by atoms with Crippen LogP contribution in [0.3, 0.4) is 0 Å². The molecule has 0 rings (SSSR count). The van der Waals surface area contributed by atoms with E-state index in [1.165, 1.54) is 11.8 Å². The highest BCUT2D eigenvalue weighted by molar-refractivity contribution is 7.99. The molecule has 1 N–H and O–H groups in total. The molecule has 0 fully saturated rings. The van der Waals surface area contributed by atoms with Gasteiger partial charge in [-0.15, -0.1) is 11.6 Å². The molecule has 0 aliphatic carbocycles. The molecule has 0 saturated carbocycles. The van der Waals surface area contributed by atoms with Crippen LogP contribution in [-0.2, 0) is 4.79 Å². The van der Waals surface area contributed by atoms with Crippen molar-refractivity contribution < 1.29 is 4.79 Å². The van der Waals surface area contributed by atoms with E-state index in [9.17, 15) is 4.79 Å². The van der Waals surface area contributed by atoms with Crippen LogP contribution in [-0.4, -0.2) is 29.8 Å². The lowest BCUT2D eigenvalue weighted by molar-refractivity contribution is -0.120. The fourth-order valence-electron chi connectivity index (χ4n) is 1.20. The van der Waals surface area contributed by atoms with Crippen molar-refractivity contribution in [1.82, 2.24) is 5.32 Å². The second-order valence-electron chi connectivity index (χ2n) is 4.40. The Morgan fingerprint density at radius 1 is 1.50 bits per heavy atom. The Bertz CT molecular complexity index is 179. The summed E-state index contributed by atoms with van der Waals surface area (Å²) in [4.78, 5) is 11.4. The number of thioether (sulfide) groups is 1. The molecule has 0 bridgehead atoms. The average molecular weight is 238 g/mol. The first-order valence-electron chi connectivity index (χ1n) is 4.76. The first-order chi connectivity index (χ1) is 6.41. The number of alkyl halides is 1. The summed E-state index contributed by atoms with van der Waals surface area (Å²) in [7, 11) is 0. The van der Waals surface area contributed by atoms with Crippen molar-refractivity contribution in [3.8, 4) is 0 Å². The zero-order chi connectivity index (χ0) is 11.2. The SMILES string of the molecule is CSCC(=O)NC(CCCl)C(C)(C)C. The fraction of sp³-hybridized carbons (Fsp3) is 0.900. The van der Waals surface area contributed by atoms with Gasteiger partial charge in [0.25, 0.3) is 0 Å². The Balaban J connectivity index is 4.16. The molecule has 4 heteroatoms. The van der Waals surface area contributed by atoms with Crippen LogP contribution >= 0.6 is 23.4 Å². The molecule has 1 unspecified atom stereocenters. The Hall–Kier alpha value is 0.110. The number of carbonyl (C=O) groups excluding carboxylic acids is 1. The molecule has 0 aromatic carbocycles. The third-order valence-corrected chi connectivity index (χ3v) is 2.82. The van der Waals surface area contributed by atoms with E-state index >= 15 is 0 Å². The Morgan fingerprint density at radius 3 is 2.43 bits per heavy atom. The molecular formula is C10H20ClNOS. The van der Waals surface area contributed by atoms with E-state index in [0.29, 0.717) is 11.6 Å². The minimum absolute atomic E-state index is 0.0724. The molecule has 2 nitrogen and oxygen atoms in total. The minimum atomic E-state index is 0.0724. The Kier molecular flexibility index (Phi) is 6.62. The van der Waals surface area contributed by atoms with E-state index in [0.717, 1.165) is 6.42 Å². The van der Waals surface area contributed by atoms with Crippen molar-refractivity contribution in [2.75, 3.05) is 17.9 Å². The van der Waals surface area contributed by atoms with Gasteiger partial charge in [0, 0.05) is 11.9 Å². The Morgan fingerprint density at radius 2 is 2.07 bits per heavy atom. The van der Waals surface area contributed by atoms with Gasteiger partial charge in [-0.05, 0) is 18.1 Å². The van der Waals surface area contributed by atoms with Gasteiger partial charge in [-0.1, -0.05) is 20.8 Å². The summed E-state index contributed by atoms with van der Waals surface area (Å²) in [5.41, 5.74) is 0.0724. The topological polar surface area (TPSA) is 29.1 Å². The molecule has 0 spiro atoms. The van der Waals surface area contributed by atoms with Crippen molar-refractivity contribution in [3.05, 3.63) is 0 Å². The molecule has 0 aliphatic heterocycles. The summed E-state index contributed by atoms with van der Waals surface area (Å²) in [6, 6.07) is 0.166. The molecule has 1 atom stereocenters. The van der Waals surface area contributed by atoms with Crippen molar-refractivity contribution in [1.29, 1.82) is 0 Å². The maximum Gasteiger partial charge on any atom is 0.230 e. The summed E-state index contributed by atoms with van der Waals surface area (Å²) in [5.74, 6) is 1.21. The van der Waals surface area contributed by atoms with Crippen molar-refractivity contribution >= 4 is 29.3 Å². The minimum Gasteiger partial charge on any atom is -0.352 e. The first kappa shape index (κ1) is 14.1. The van der Waals surface area contributed by atoms with E-state index < -0.39 is 0 Å². The van der Waals surface area contributed by atoms with Crippen LogP contribution in [0.5, 0.6) is 0 Å². The van der Waals surface area contributed by atoms with Gasteiger partial charge < -0.3 is 5.32 Å². The van der Waals surface area contributed by atoms with Crippen molar-refractivity contribution in [2.24, 2.45) is 5.41 Å². The standard InChI is InChI=1S/C10H20ClNOS/c1-10(2,3)8(5-6-11)12-9(13)7-14-4/h8H,5-7H2,1-4H3,(H,12,13). The van der Waals surface area contributed by atoms with Crippen LogP contribution < -0.4 is 5.32 Å². The molecule has 84 valence electrons. The maximum atomic E-state index is 11.4. The van der Waals surface area contributed by atoms with Gasteiger partial charge in [-0.3, -0.25) is 4.79 Å². The van der Waals surface area contributed by atoms with E-state index in [1.807, 2.05) is 6.26 Å². The number of halogens is 1. The number of amides is 1. The Labute approximate surface area is 96.2 Å². The predicted octanol–water partition coefficient (Wildman–Crippen LogP) is 2.51. The van der Waals surface area contributed by atoms with E-state index in [1.54, 1.807) is 0 Å². The van der Waals surface area contributed by atoms with Gasteiger partial charge in [-0.25, -0.2) is 0 Å². The normalized spacial score (nSPS) is 13.8. The van der Waals surface area contributed by atoms with E-state index in [-0.39, 0.29) is 17.4 Å². The zero-order valence-corrected chi connectivity index (χ0v) is 11.0. The maximum absolute atomic E-state index is 11.4. The van der Waals surface area contributed by atoms with Gasteiger partial charge >= 0.3 is 0 Å². The number of carbonyl (C=O) groups is 1. The number of hydrogen-bond donors (Lipinski definition) is 1. The number of rotatable bonds is 5. The smallest absolute Gasteiger partial charge is 0.230 e. The molecule has 0 aromatic rings. The van der Waals surface area contributed by atoms with Crippen LogP contribution in [0.1, 0.15) is 27.2 Å². The molecule has 14 heavy (non-hydrogen) atoms. The summed E-state index contributed by atoms with van der Waals surface area (Å²) >= 11 is 7.24. The lowest BCUT2D eigenvalue weighted by Crippen LogP contribution is -2.44. The molecular weight excluding hydrogens is 218 g/mol. The van der Waals surface area contributed by atoms with Crippen LogP contribution in [0.2, 0.25) is 0 Å². The van der Waals surface area contributed by atoms with E-state index in [4.69, 9.17) is 11.6 Å². The highest BCUT2D eigenvalue weighted by Gasteiger charge is 2.25. The monoisotopic (exact) mass is 237 g/mol. The zero-order valence-electron chi connectivity index (χ0n) is 9.39. The third-order valence-electron chi connectivity index (χ3n) is 2.05. The molecule has 1 amide bonds. The van der Waals surface area contributed by atoms with Crippen LogP contribution in [0.15, 0.2) is 0 Å². The first-order valence-corrected chi connectivity index (χ1v) is 6.69. The highest BCUT2D eigenvalue weighted by atomic mass is 35.5. The lowest BCUT2D eigenvalue weighted by Gasteiger charge is -2.31. The molecule has 0 radical (unpaired) electrons. The van der Waals surface area contributed by atoms with Crippen LogP contribution in [0.4, 0.5) is 0 Å². The fourth-order valence-corrected chi connectivity index (χ4v) is 1.76. The summed E-state index contributed by atoms with van der Waals surface area (Å²) < 4.78 is 0. The summed E-state index contributed by atoms with van der Waals surface area (Å²) in [6.07, 6.45) is 2.75. The van der Waals surface area contributed by atoms with E-state index in [2.05, 4.69) is 26.1 Å². The molecule has 0 heterocycles. The highest BCUT2D eigenvalue weighted by Crippen LogP contribution is 2.22. The summed E-state index contributed by atoms with van der Waals surface area (Å²) in [6.45, 7) is 6.34. The largest absolute Gasteiger partial charge is 0.352 e. The average Bonchev–Trinajstić information content (AvgIpc) is 2.02. The quantitative estimate of drug-likeness (QED) is 0.745. The van der Waals surface area contributed by atoms with Gasteiger partial charge in [0.05, 0.1) is 5.75 Å². The predicted molar refractivity (Wildman–Crippen MR) is 65.1 cm³/mol. The molecule has 0 saturated heterocycles. The summed E-state index contributed by atoms with van der Waals surface area (Å²) in [5, 5.41) is 3.01. The van der Waals surface area contributed by atoms with Crippen molar-refractivity contribution in [2.45, 2.75) is 33.2 Å². The number of nitrogens with one attached hydrogen (secondary N) is 1. The van der Waals surface area contributed by atoms with Gasteiger partial charge in [0.2, 0.25) is 5.91 Å². The molecule has 0 aliphatic rings. The lowest BCUT2D eigenvalue weighted by atomic mass is 9.85. The molecule has 0 aromatic heterocycles.